The summed E-state index contributed by atoms with van der Waals surface area (Å²) in [5, 5.41) is 11.7. The van der Waals surface area contributed by atoms with Crippen LogP contribution in [0.2, 0.25) is 0 Å². The van der Waals surface area contributed by atoms with E-state index in [4.69, 9.17) is 9.84 Å². The Kier molecular flexibility index (Phi) is 4.01. The van der Waals surface area contributed by atoms with Gasteiger partial charge in [-0.1, -0.05) is 6.92 Å². The number of amides is 1. The first-order chi connectivity index (χ1) is 7.70. The van der Waals surface area contributed by atoms with Gasteiger partial charge in [-0.2, -0.15) is 0 Å². The summed E-state index contributed by atoms with van der Waals surface area (Å²) in [7, 11) is 0. The van der Waals surface area contributed by atoms with E-state index in [9.17, 15) is 9.59 Å². The summed E-state index contributed by atoms with van der Waals surface area (Å²) in [5.41, 5.74) is -0.565. The molecule has 5 nitrogen and oxygen atoms in total. The van der Waals surface area contributed by atoms with E-state index >= 15 is 0 Å². The molecule has 0 unspecified atom stereocenters. The second kappa shape index (κ2) is 4.94. The lowest BCUT2D eigenvalue weighted by molar-refractivity contribution is -0.142. The maximum absolute atomic E-state index is 11.6. The van der Waals surface area contributed by atoms with Crippen LogP contribution in [0, 0.1) is 11.8 Å². The molecular weight excluding hydrogens is 222 g/mol. The largest absolute Gasteiger partial charge is 0.481 e. The van der Waals surface area contributed by atoms with Crippen LogP contribution in [0.3, 0.4) is 0 Å². The molecule has 98 valence electrons. The third-order valence-corrected chi connectivity index (χ3v) is 2.98. The van der Waals surface area contributed by atoms with Gasteiger partial charge in [0, 0.05) is 6.04 Å². The highest BCUT2D eigenvalue weighted by Gasteiger charge is 2.39. The van der Waals surface area contributed by atoms with Gasteiger partial charge < -0.3 is 15.2 Å². The Morgan fingerprint density at radius 3 is 2.35 bits per heavy atom. The van der Waals surface area contributed by atoms with Crippen molar-refractivity contribution in [3.63, 3.8) is 0 Å². The fourth-order valence-corrected chi connectivity index (χ4v) is 2.16. The molecule has 0 radical (unpaired) electrons. The fourth-order valence-electron chi connectivity index (χ4n) is 2.16. The first kappa shape index (κ1) is 13.8. The minimum absolute atomic E-state index is 0.170. The van der Waals surface area contributed by atoms with Gasteiger partial charge in [0.1, 0.15) is 5.60 Å². The molecule has 1 amide bonds. The van der Waals surface area contributed by atoms with Gasteiger partial charge in [-0.3, -0.25) is 4.79 Å². The van der Waals surface area contributed by atoms with Gasteiger partial charge in [0.25, 0.3) is 0 Å². The highest BCUT2D eigenvalue weighted by Crippen LogP contribution is 2.31. The maximum Gasteiger partial charge on any atom is 0.407 e. The topological polar surface area (TPSA) is 75.6 Å². The molecule has 0 aliphatic heterocycles. The van der Waals surface area contributed by atoms with Crippen LogP contribution < -0.4 is 5.32 Å². The van der Waals surface area contributed by atoms with Crippen molar-refractivity contribution in [1.82, 2.24) is 5.32 Å². The Morgan fingerprint density at radius 2 is 1.88 bits per heavy atom. The number of alkyl carbamates (subject to hydrolysis) is 1. The molecule has 0 aromatic rings. The van der Waals surface area contributed by atoms with Crippen LogP contribution in [0.15, 0.2) is 0 Å². The molecule has 0 heterocycles. The molecule has 0 spiro atoms. The number of carbonyl (C=O) groups excluding carboxylic acids is 1. The average molecular weight is 243 g/mol. The first-order valence-electron chi connectivity index (χ1n) is 5.93. The molecule has 1 aliphatic rings. The van der Waals surface area contributed by atoms with Crippen molar-refractivity contribution in [2.24, 2.45) is 11.8 Å². The van der Waals surface area contributed by atoms with Crippen LogP contribution in [-0.4, -0.2) is 28.8 Å². The van der Waals surface area contributed by atoms with Crippen molar-refractivity contribution < 1.29 is 19.4 Å². The Hall–Kier alpha value is -1.26. The number of aliphatic carboxylic acids is 1. The van der Waals surface area contributed by atoms with Crippen LogP contribution in [-0.2, 0) is 9.53 Å². The summed E-state index contributed by atoms with van der Waals surface area (Å²) >= 11 is 0. The Balaban J connectivity index is 2.59. The van der Waals surface area contributed by atoms with Crippen molar-refractivity contribution in [2.45, 2.75) is 52.2 Å². The summed E-state index contributed by atoms with van der Waals surface area (Å²) in [6.45, 7) is 7.28. The fraction of sp³-hybridized carbons (Fsp3) is 0.833. The molecule has 1 rings (SSSR count). The number of carbonyl (C=O) groups is 2. The van der Waals surface area contributed by atoms with Crippen LogP contribution in [0.4, 0.5) is 4.79 Å². The third kappa shape index (κ3) is 3.91. The highest BCUT2D eigenvalue weighted by molar-refractivity contribution is 5.74. The molecule has 1 saturated carbocycles. The van der Waals surface area contributed by atoms with Gasteiger partial charge in [0.05, 0.1) is 5.92 Å². The molecule has 0 saturated heterocycles. The zero-order valence-electron chi connectivity index (χ0n) is 10.8. The molecule has 0 aromatic carbocycles. The average Bonchev–Trinajstić information content (AvgIpc) is 2.44. The Bertz CT molecular complexity index is 308. The highest BCUT2D eigenvalue weighted by atomic mass is 16.6. The van der Waals surface area contributed by atoms with Crippen molar-refractivity contribution in [2.75, 3.05) is 0 Å². The molecule has 3 atom stereocenters. The van der Waals surface area contributed by atoms with E-state index in [1.54, 1.807) is 20.8 Å². The van der Waals surface area contributed by atoms with Crippen LogP contribution in [0.1, 0.15) is 40.5 Å². The van der Waals surface area contributed by atoms with E-state index in [0.717, 1.165) is 6.42 Å². The summed E-state index contributed by atoms with van der Waals surface area (Å²) in [6, 6.07) is -0.331. The van der Waals surface area contributed by atoms with Crippen molar-refractivity contribution in [3.05, 3.63) is 0 Å². The minimum atomic E-state index is -0.851. The number of carboxylic acid groups (broad SMARTS) is 1. The third-order valence-electron chi connectivity index (χ3n) is 2.98. The van der Waals surface area contributed by atoms with E-state index in [-0.39, 0.29) is 12.0 Å². The van der Waals surface area contributed by atoms with Gasteiger partial charge in [-0.05, 0) is 39.5 Å². The van der Waals surface area contributed by atoms with Gasteiger partial charge in [0.15, 0.2) is 0 Å². The monoisotopic (exact) mass is 243 g/mol. The second-order valence-electron chi connectivity index (χ2n) is 5.67. The molecular formula is C12H21NO4. The van der Waals surface area contributed by atoms with E-state index < -0.39 is 23.6 Å². The number of rotatable bonds is 2. The van der Waals surface area contributed by atoms with E-state index in [0.29, 0.717) is 6.42 Å². The van der Waals surface area contributed by atoms with Crippen molar-refractivity contribution >= 4 is 12.1 Å². The molecule has 5 heteroatoms. The SMILES string of the molecule is C[C@@H]1CC[C@H](C(=O)O)[C@H]1NC(=O)OC(C)(C)C. The number of nitrogens with one attached hydrogen (secondary N) is 1. The molecule has 0 aromatic heterocycles. The van der Waals surface area contributed by atoms with Gasteiger partial charge >= 0.3 is 12.1 Å². The first-order valence-corrected chi connectivity index (χ1v) is 5.93. The molecule has 1 fully saturated rings. The maximum atomic E-state index is 11.6. The number of ether oxygens (including phenoxy) is 1. The lowest BCUT2D eigenvalue weighted by Crippen LogP contribution is -2.45. The molecule has 1 aliphatic carbocycles. The Labute approximate surface area is 102 Å². The van der Waals surface area contributed by atoms with E-state index in [1.807, 2.05) is 6.92 Å². The normalized spacial score (nSPS) is 28.8. The predicted octanol–water partition coefficient (Wildman–Crippen LogP) is 2.01. The van der Waals surface area contributed by atoms with Gasteiger partial charge in [0.2, 0.25) is 0 Å². The lowest BCUT2D eigenvalue weighted by atomic mass is 9.99. The molecule has 0 bridgehead atoms. The van der Waals surface area contributed by atoms with Crippen LogP contribution in [0.5, 0.6) is 0 Å². The lowest BCUT2D eigenvalue weighted by Gasteiger charge is -2.25. The number of hydrogen-bond donors (Lipinski definition) is 2. The standard InChI is InChI=1S/C12H21NO4/c1-7-5-6-8(10(14)15)9(7)13-11(16)17-12(2,3)4/h7-9H,5-6H2,1-4H3,(H,13,16)(H,14,15)/t7-,8+,9+/m1/s1. The number of carboxylic acids is 1. The second-order valence-corrected chi connectivity index (χ2v) is 5.67. The zero-order valence-corrected chi connectivity index (χ0v) is 10.8. The van der Waals surface area contributed by atoms with E-state index in [1.165, 1.54) is 0 Å². The number of hydrogen-bond acceptors (Lipinski definition) is 3. The minimum Gasteiger partial charge on any atom is -0.481 e. The quantitative estimate of drug-likeness (QED) is 0.778. The Morgan fingerprint density at radius 1 is 1.29 bits per heavy atom. The molecule has 17 heavy (non-hydrogen) atoms. The van der Waals surface area contributed by atoms with Crippen LogP contribution in [0.25, 0.3) is 0 Å². The van der Waals surface area contributed by atoms with Crippen molar-refractivity contribution in [1.29, 1.82) is 0 Å². The van der Waals surface area contributed by atoms with E-state index in [2.05, 4.69) is 5.32 Å². The smallest absolute Gasteiger partial charge is 0.407 e. The van der Waals surface area contributed by atoms with Crippen molar-refractivity contribution in [3.8, 4) is 0 Å². The predicted molar refractivity (Wildman–Crippen MR) is 62.7 cm³/mol. The van der Waals surface area contributed by atoms with Crippen LogP contribution >= 0.6 is 0 Å². The summed E-state index contributed by atoms with van der Waals surface area (Å²) in [4.78, 5) is 22.6. The summed E-state index contributed by atoms with van der Waals surface area (Å²) in [5.74, 6) is -1.18. The summed E-state index contributed by atoms with van der Waals surface area (Å²) < 4.78 is 5.13. The summed E-state index contributed by atoms with van der Waals surface area (Å²) in [6.07, 6.45) is 0.886. The van der Waals surface area contributed by atoms with Gasteiger partial charge in [-0.25, -0.2) is 4.79 Å². The van der Waals surface area contributed by atoms with Gasteiger partial charge in [-0.15, -0.1) is 0 Å². The zero-order chi connectivity index (χ0) is 13.2. The molecule has 2 N–H and O–H groups in total.